The van der Waals surface area contributed by atoms with Crippen molar-refractivity contribution < 1.29 is 22.3 Å². The van der Waals surface area contributed by atoms with E-state index in [0.29, 0.717) is 45.9 Å². The van der Waals surface area contributed by atoms with Crippen LogP contribution in [0.25, 0.3) is 21.9 Å². The van der Waals surface area contributed by atoms with Crippen LogP contribution in [-0.2, 0) is 24.2 Å². The summed E-state index contributed by atoms with van der Waals surface area (Å²) in [6.07, 6.45) is 0.813. The van der Waals surface area contributed by atoms with Crippen molar-refractivity contribution in [3.63, 3.8) is 0 Å². The molecule has 32 heavy (non-hydrogen) atoms. The second-order valence-corrected chi connectivity index (χ2v) is 8.00. The van der Waals surface area contributed by atoms with Gasteiger partial charge in [0.2, 0.25) is 0 Å². The summed E-state index contributed by atoms with van der Waals surface area (Å²) in [5, 5.41) is 0.925. The lowest BCUT2D eigenvalue weighted by Crippen LogP contribution is -1.98. The molecular formula is C26H19ClF4O. The van der Waals surface area contributed by atoms with E-state index in [1.807, 2.05) is 0 Å². The number of aryl methyl sites for hydroxylation is 2. The first-order valence-electron chi connectivity index (χ1n) is 9.99. The maximum Gasteiger partial charge on any atom is 0.142 e. The summed E-state index contributed by atoms with van der Waals surface area (Å²) in [7, 11) is 1.45. The summed E-state index contributed by atoms with van der Waals surface area (Å²) < 4.78 is 62.8. The fourth-order valence-corrected chi connectivity index (χ4v) is 3.93. The Kier molecular flexibility index (Phi) is 6.49. The minimum absolute atomic E-state index is 0.0441. The van der Waals surface area contributed by atoms with Crippen molar-refractivity contribution in [1.82, 2.24) is 0 Å². The predicted octanol–water partition coefficient (Wildman–Crippen LogP) is 7.65. The third kappa shape index (κ3) is 4.50. The molecule has 0 N–H and O–H groups in total. The fraction of sp³-hybridized carbons (Fsp3) is 0.154. The van der Waals surface area contributed by atoms with Crippen molar-refractivity contribution in [2.24, 2.45) is 0 Å². The highest BCUT2D eigenvalue weighted by Crippen LogP contribution is 2.32. The van der Waals surface area contributed by atoms with Gasteiger partial charge in [0, 0.05) is 12.5 Å². The maximum absolute atomic E-state index is 15.1. The van der Waals surface area contributed by atoms with Gasteiger partial charge >= 0.3 is 0 Å². The van der Waals surface area contributed by atoms with E-state index in [0.717, 1.165) is 0 Å². The zero-order valence-electron chi connectivity index (χ0n) is 17.2. The monoisotopic (exact) mass is 458 g/mol. The molecule has 1 nitrogen and oxygen atoms in total. The lowest BCUT2D eigenvalue weighted by Gasteiger charge is -2.11. The molecule has 0 unspecified atom stereocenters. The average Bonchev–Trinajstić information content (AvgIpc) is 2.75. The molecular weight excluding hydrogens is 440 g/mol. The summed E-state index contributed by atoms with van der Waals surface area (Å²) in [4.78, 5) is 0. The normalized spacial score (nSPS) is 11.3. The Morgan fingerprint density at radius 1 is 0.750 bits per heavy atom. The summed E-state index contributed by atoms with van der Waals surface area (Å²) in [5.41, 5.74) is 1.73. The van der Waals surface area contributed by atoms with Gasteiger partial charge in [0.05, 0.1) is 17.2 Å². The molecule has 4 aromatic rings. The Labute approximate surface area is 188 Å². The Bertz CT molecular complexity index is 1280. The number of hydrogen-bond donors (Lipinski definition) is 0. The molecule has 0 spiro atoms. The summed E-state index contributed by atoms with van der Waals surface area (Å²) in [6, 6.07) is 14.9. The Morgan fingerprint density at radius 3 is 2.16 bits per heavy atom. The largest absolute Gasteiger partial charge is 0.380 e. The molecule has 0 aliphatic rings. The number of methoxy groups -OCH3 is 1. The van der Waals surface area contributed by atoms with Crippen LogP contribution in [-0.4, -0.2) is 7.11 Å². The zero-order valence-corrected chi connectivity index (χ0v) is 17.9. The molecule has 0 aromatic heterocycles. The quantitative estimate of drug-likeness (QED) is 0.270. The zero-order chi connectivity index (χ0) is 22.8. The van der Waals surface area contributed by atoms with Gasteiger partial charge in [-0.15, -0.1) is 0 Å². The predicted molar refractivity (Wildman–Crippen MR) is 119 cm³/mol. The number of ether oxygens (including phenoxy) is 1. The summed E-state index contributed by atoms with van der Waals surface area (Å²) in [6.45, 7) is 0.0997. The van der Waals surface area contributed by atoms with E-state index in [4.69, 9.17) is 16.3 Å². The van der Waals surface area contributed by atoms with Gasteiger partial charge in [-0.1, -0.05) is 41.9 Å². The number of halogens is 5. The van der Waals surface area contributed by atoms with Crippen molar-refractivity contribution in [2.45, 2.75) is 19.4 Å². The third-order valence-corrected chi connectivity index (χ3v) is 5.71. The molecule has 0 aliphatic carbocycles. The number of rotatable bonds is 6. The molecule has 0 fully saturated rings. The first-order chi connectivity index (χ1) is 15.4. The lowest BCUT2D eigenvalue weighted by molar-refractivity contribution is 0.184. The molecule has 0 radical (unpaired) electrons. The van der Waals surface area contributed by atoms with Crippen molar-refractivity contribution in [3.05, 3.63) is 106 Å². The first-order valence-corrected chi connectivity index (χ1v) is 10.4. The Hall–Kier alpha value is -2.89. The summed E-state index contributed by atoms with van der Waals surface area (Å²) >= 11 is 5.70. The standard InChI is InChI=1S/C26H19ClF4O/c1-32-14-16-11-23(29)25(24(30)12-16)19-7-8-20-18(13-19)6-5-17(26(20)31)4-2-15-3-9-21(27)22(28)10-15/h3,5-13H,2,4,14H2,1H3. The van der Waals surface area contributed by atoms with Gasteiger partial charge < -0.3 is 4.74 Å². The Morgan fingerprint density at radius 2 is 1.47 bits per heavy atom. The van der Waals surface area contributed by atoms with Crippen LogP contribution in [0.15, 0.2) is 60.7 Å². The molecule has 0 aliphatic heterocycles. The molecule has 0 amide bonds. The van der Waals surface area contributed by atoms with Crippen molar-refractivity contribution in [2.75, 3.05) is 7.11 Å². The molecule has 4 rings (SSSR count). The minimum atomic E-state index is -0.705. The SMILES string of the molecule is COCc1cc(F)c(-c2ccc3c(F)c(CCc4ccc(Cl)c(F)c4)ccc3c2)c(F)c1. The van der Waals surface area contributed by atoms with E-state index >= 15 is 4.39 Å². The molecule has 0 saturated heterocycles. The van der Waals surface area contributed by atoms with E-state index in [9.17, 15) is 13.2 Å². The van der Waals surface area contributed by atoms with Crippen LogP contribution >= 0.6 is 11.6 Å². The molecule has 0 saturated carbocycles. The highest BCUT2D eigenvalue weighted by atomic mass is 35.5. The van der Waals surface area contributed by atoms with Crippen LogP contribution < -0.4 is 0 Å². The lowest BCUT2D eigenvalue weighted by atomic mass is 9.96. The van der Waals surface area contributed by atoms with Crippen molar-refractivity contribution in [1.29, 1.82) is 0 Å². The van der Waals surface area contributed by atoms with E-state index in [2.05, 4.69) is 0 Å². The van der Waals surface area contributed by atoms with Gasteiger partial charge in [-0.2, -0.15) is 0 Å². The number of benzene rings is 4. The fourth-order valence-electron chi connectivity index (χ4n) is 3.81. The van der Waals surface area contributed by atoms with Crippen LogP contribution in [0.2, 0.25) is 5.02 Å². The second-order valence-electron chi connectivity index (χ2n) is 7.59. The molecule has 4 aromatic carbocycles. The van der Waals surface area contributed by atoms with Gasteiger partial charge in [0.25, 0.3) is 0 Å². The van der Waals surface area contributed by atoms with Crippen LogP contribution in [0.4, 0.5) is 17.6 Å². The first kappa shape index (κ1) is 22.3. The topological polar surface area (TPSA) is 9.23 Å². The number of hydrogen-bond acceptors (Lipinski definition) is 1. The molecule has 0 heterocycles. The maximum atomic E-state index is 15.1. The van der Waals surface area contributed by atoms with Crippen LogP contribution in [0, 0.1) is 23.3 Å². The smallest absolute Gasteiger partial charge is 0.142 e. The highest BCUT2D eigenvalue weighted by Gasteiger charge is 2.15. The van der Waals surface area contributed by atoms with Gasteiger partial charge in [-0.3, -0.25) is 0 Å². The van der Waals surface area contributed by atoms with Crippen LogP contribution in [0.1, 0.15) is 16.7 Å². The third-order valence-electron chi connectivity index (χ3n) is 5.40. The molecule has 0 bridgehead atoms. The van der Waals surface area contributed by atoms with Gasteiger partial charge in [0.15, 0.2) is 0 Å². The number of fused-ring (bicyclic) bond motifs is 1. The van der Waals surface area contributed by atoms with Gasteiger partial charge in [-0.05, 0) is 70.8 Å². The highest BCUT2D eigenvalue weighted by molar-refractivity contribution is 6.30. The van der Waals surface area contributed by atoms with Crippen LogP contribution in [0.5, 0.6) is 0 Å². The summed E-state index contributed by atoms with van der Waals surface area (Å²) in [5.74, 6) is -2.32. The molecule has 6 heteroatoms. The van der Waals surface area contributed by atoms with E-state index in [1.54, 1.807) is 24.3 Å². The van der Waals surface area contributed by atoms with Gasteiger partial charge in [-0.25, -0.2) is 17.6 Å². The average molecular weight is 459 g/mol. The van der Waals surface area contributed by atoms with Crippen molar-refractivity contribution >= 4 is 22.4 Å². The molecule has 164 valence electrons. The second kappa shape index (κ2) is 9.31. The van der Waals surface area contributed by atoms with E-state index < -0.39 is 23.3 Å². The molecule has 0 atom stereocenters. The Balaban J connectivity index is 1.63. The van der Waals surface area contributed by atoms with E-state index in [1.165, 1.54) is 43.5 Å². The van der Waals surface area contributed by atoms with Crippen LogP contribution in [0.3, 0.4) is 0 Å². The van der Waals surface area contributed by atoms with Crippen molar-refractivity contribution in [3.8, 4) is 11.1 Å². The van der Waals surface area contributed by atoms with Gasteiger partial charge in [0.1, 0.15) is 23.3 Å². The van der Waals surface area contributed by atoms with E-state index in [-0.39, 0.29) is 17.2 Å². The minimum Gasteiger partial charge on any atom is -0.380 e.